The minimum Gasteiger partial charge on any atom is -0.377 e. The number of carbonyl (C=O) groups is 1. The monoisotopic (exact) mass is 269 g/mol. The lowest BCUT2D eigenvalue weighted by Gasteiger charge is -2.27. The van der Waals surface area contributed by atoms with Crippen molar-refractivity contribution in [2.45, 2.75) is 72.6 Å². The summed E-state index contributed by atoms with van der Waals surface area (Å²) in [6.45, 7) is 14.5. The van der Waals surface area contributed by atoms with E-state index in [0.29, 0.717) is 17.7 Å². The van der Waals surface area contributed by atoms with Gasteiger partial charge in [0.25, 0.3) is 0 Å². The first-order chi connectivity index (χ1) is 8.82. The second kappa shape index (κ2) is 7.39. The highest BCUT2D eigenvalue weighted by molar-refractivity contribution is 5.86. The Morgan fingerprint density at radius 3 is 2.32 bits per heavy atom. The highest BCUT2D eigenvalue weighted by atomic mass is 16.5. The predicted molar refractivity (Wildman–Crippen MR) is 79.3 cm³/mol. The maximum absolute atomic E-state index is 12.3. The van der Waals surface area contributed by atoms with Crippen LogP contribution in [0.3, 0.4) is 0 Å². The lowest BCUT2D eigenvalue weighted by atomic mass is 9.99. The highest BCUT2D eigenvalue weighted by Gasteiger charge is 2.38. The molecule has 0 aromatic carbocycles. The van der Waals surface area contributed by atoms with Gasteiger partial charge < -0.3 is 4.74 Å². The van der Waals surface area contributed by atoms with Crippen molar-refractivity contribution in [1.29, 1.82) is 0 Å². The van der Waals surface area contributed by atoms with Gasteiger partial charge in [-0.2, -0.15) is 0 Å². The Morgan fingerprint density at radius 1 is 1.21 bits per heavy atom. The van der Waals surface area contributed by atoms with E-state index >= 15 is 0 Å². The molecule has 0 unspecified atom stereocenters. The van der Waals surface area contributed by atoms with Crippen LogP contribution in [0.2, 0.25) is 0 Å². The van der Waals surface area contributed by atoms with Gasteiger partial charge in [0.15, 0.2) is 5.78 Å². The lowest BCUT2D eigenvalue weighted by molar-refractivity contribution is -0.126. The first-order valence-electron chi connectivity index (χ1n) is 7.74. The zero-order chi connectivity index (χ0) is 14.6. The Labute approximate surface area is 118 Å². The van der Waals surface area contributed by atoms with E-state index in [4.69, 9.17) is 4.74 Å². The molecule has 3 heteroatoms. The number of likely N-dealkylation sites (tertiary alicyclic amines) is 1. The fraction of sp³-hybridized carbons (Fsp3) is 0.938. The molecule has 0 aromatic heterocycles. The molecule has 1 aliphatic heterocycles. The quantitative estimate of drug-likeness (QED) is 0.711. The number of ether oxygens (including phenoxy) is 1. The molecule has 1 fully saturated rings. The van der Waals surface area contributed by atoms with Gasteiger partial charge in [-0.1, -0.05) is 27.7 Å². The molecule has 0 aromatic rings. The van der Waals surface area contributed by atoms with E-state index in [2.05, 4.69) is 32.6 Å². The van der Waals surface area contributed by atoms with Gasteiger partial charge in [0.05, 0.1) is 12.1 Å². The number of Topliss-reactive ketones (excluding diaryl/α,β-unsaturated/α-hetero) is 1. The molecule has 2 atom stereocenters. The van der Waals surface area contributed by atoms with Crippen LogP contribution >= 0.6 is 0 Å². The van der Waals surface area contributed by atoms with E-state index in [-0.39, 0.29) is 18.1 Å². The predicted octanol–water partition coefficient (Wildman–Crippen LogP) is 3.13. The van der Waals surface area contributed by atoms with Crippen LogP contribution in [-0.2, 0) is 9.53 Å². The Balaban J connectivity index is 2.54. The maximum atomic E-state index is 12.3. The molecular weight excluding hydrogens is 238 g/mol. The summed E-state index contributed by atoms with van der Waals surface area (Å²) in [4.78, 5) is 14.6. The van der Waals surface area contributed by atoms with E-state index in [1.165, 1.54) is 0 Å². The van der Waals surface area contributed by atoms with Gasteiger partial charge in [-0.05, 0) is 32.6 Å². The molecule has 0 spiro atoms. The van der Waals surface area contributed by atoms with Gasteiger partial charge in [-0.3, -0.25) is 9.69 Å². The normalized spacial score (nSPS) is 24.9. The molecule has 0 aliphatic carbocycles. The first-order valence-corrected chi connectivity index (χ1v) is 7.74. The molecule has 1 saturated heterocycles. The van der Waals surface area contributed by atoms with Gasteiger partial charge in [0.1, 0.15) is 0 Å². The molecule has 19 heavy (non-hydrogen) atoms. The second-order valence-corrected chi connectivity index (χ2v) is 6.77. The van der Waals surface area contributed by atoms with Crippen molar-refractivity contribution in [2.75, 3.05) is 13.2 Å². The Kier molecular flexibility index (Phi) is 6.48. The fourth-order valence-corrected chi connectivity index (χ4v) is 2.65. The van der Waals surface area contributed by atoms with E-state index < -0.39 is 0 Å². The van der Waals surface area contributed by atoms with Crippen LogP contribution in [0.25, 0.3) is 0 Å². The van der Waals surface area contributed by atoms with Crippen molar-refractivity contribution in [2.24, 2.45) is 11.8 Å². The summed E-state index contributed by atoms with van der Waals surface area (Å²) in [5, 5.41) is 0. The van der Waals surface area contributed by atoms with Crippen LogP contribution in [0.15, 0.2) is 0 Å². The summed E-state index contributed by atoms with van der Waals surface area (Å²) in [5.74, 6) is 1.15. The van der Waals surface area contributed by atoms with Gasteiger partial charge >= 0.3 is 0 Å². The summed E-state index contributed by atoms with van der Waals surface area (Å²) in [6.07, 6.45) is 2.20. The van der Waals surface area contributed by atoms with Crippen LogP contribution in [0.5, 0.6) is 0 Å². The smallest absolute Gasteiger partial charge is 0.152 e. The van der Waals surface area contributed by atoms with Crippen molar-refractivity contribution in [3.63, 3.8) is 0 Å². The van der Waals surface area contributed by atoms with Crippen LogP contribution < -0.4 is 0 Å². The largest absolute Gasteiger partial charge is 0.377 e. The summed E-state index contributed by atoms with van der Waals surface area (Å²) >= 11 is 0. The van der Waals surface area contributed by atoms with Crippen LogP contribution in [0.4, 0.5) is 0 Å². The molecule has 0 amide bonds. The first kappa shape index (κ1) is 16.6. The molecule has 1 aliphatic rings. The third-order valence-electron chi connectivity index (χ3n) is 3.91. The number of carbonyl (C=O) groups excluding carboxylic acids is 1. The van der Waals surface area contributed by atoms with Gasteiger partial charge in [-0.25, -0.2) is 0 Å². The van der Waals surface area contributed by atoms with Gasteiger partial charge in [-0.15, -0.1) is 0 Å². The molecule has 0 saturated carbocycles. The third-order valence-corrected chi connectivity index (χ3v) is 3.91. The van der Waals surface area contributed by atoms with E-state index in [1.54, 1.807) is 0 Å². The number of ketones is 1. The minimum absolute atomic E-state index is 0.0593. The zero-order valence-electron chi connectivity index (χ0n) is 13.5. The SMILES string of the molecule is CC(C)CCO[C@@H]1C[C@@H](C(=O)C(C)C)N(C(C)C)C1. The highest BCUT2D eigenvalue weighted by Crippen LogP contribution is 2.25. The summed E-state index contributed by atoms with van der Waals surface area (Å²) in [6, 6.07) is 0.468. The Bertz CT molecular complexity index is 286. The molecule has 0 N–H and O–H groups in total. The third kappa shape index (κ3) is 4.88. The van der Waals surface area contributed by atoms with E-state index in [0.717, 1.165) is 26.0 Å². The summed E-state index contributed by atoms with van der Waals surface area (Å²) < 4.78 is 5.96. The van der Waals surface area contributed by atoms with Gasteiger partial charge in [0.2, 0.25) is 0 Å². The summed E-state index contributed by atoms with van der Waals surface area (Å²) in [5.41, 5.74) is 0. The average molecular weight is 269 g/mol. The molecule has 112 valence electrons. The van der Waals surface area contributed by atoms with Crippen LogP contribution in [0, 0.1) is 11.8 Å². The zero-order valence-corrected chi connectivity index (χ0v) is 13.5. The Morgan fingerprint density at radius 2 is 1.84 bits per heavy atom. The maximum Gasteiger partial charge on any atom is 0.152 e. The van der Waals surface area contributed by atoms with Crippen molar-refractivity contribution in [3.8, 4) is 0 Å². The number of hydrogen-bond acceptors (Lipinski definition) is 3. The molecule has 0 radical (unpaired) electrons. The van der Waals surface area contributed by atoms with Crippen molar-refractivity contribution >= 4 is 5.78 Å². The molecular formula is C16H31NO2. The van der Waals surface area contributed by atoms with Crippen LogP contribution in [0.1, 0.15) is 54.4 Å². The number of hydrogen-bond donors (Lipinski definition) is 0. The van der Waals surface area contributed by atoms with Crippen molar-refractivity contribution in [1.82, 2.24) is 4.90 Å². The Hall–Kier alpha value is -0.410. The summed E-state index contributed by atoms with van der Waals surface area (Å²) in [7, 11) is 0. The van der Waals surface area contributed by atoms with Crippen molar-refractivity contribution < 1.29 is 9.53 Å². The topological polar surface area (TPSA) is 29.5 Å². The lowest BCUT2D eigenvalue weighted by Crippen LogP contribution is -2.42. The van der Waals surface area contributed by atoms with Crippen molar-refractivity contribution in [3.05, 3.63) is 0 Å². The minimum atomic E-state index is 0.0593. The second-order valence-electron chi connectivity index (χ2n) is 6.77. The molecule has 0 bridgehead atoms. The fourth-order valence-electron chi connectivity index (χ4n) is 2.65. The number of rotatable bonds is 7. The number of nitrogens with zero attached hydrogens (tertiary/aromatic N) is 1. The van der Waals surface area contributed by atoms with E-state index in [1.807, 2.05) is 13.8 Å². The standard InChI is InChI=1S/C16H31NO2/c1-11(2)7-8-19-14-9-15(16(18)12(3)4)17(10-14)13(5)6/h11-15H,7-10H2,1-6H3/t14-,15+/m1/s1. The molecule has 1 rings (SSSR count). The molecule has 3 nitrogen and oxygen atoms in total. The molecule has 1 heterocycles. The average Bonchev–Trinajstić information content (AvgIpc) is 2.71. The van der Waals surface area contributed by atoms with Gasteiger partial charge in [0, 0.05) is 25.1 Å². The van der Waals surface area contributed by atoms with E-state index in [9.17, 15) is 4.79 Å². The van der Waals surface area contributed by atoms with Crippen LogP contribution in [-0.4, -0.2) is 42.0 Å².